The van der Waals surface area contributed by atoms with Gasteiger partial charge in [0, 0.05) is 55.0 Å². The molecule has 1 saturated carbocycles. The first-order chi connectivity index (χ1) is 18.0. The van der Waals surface area contributed by atoms with Crippen molar-refractivity contribution in [2.24, 2.45) is 0 Å². The molecule has 2 N–H and O–H groups in total. The van der Waals surface area contributed by atoms with E-state index in [1.54, 1.807) is 11.3 Å². The minimum absolute atomic E-state index is 0.398. The summed E-state index contributed by atoms with van der Waals surface area (Å²) in [5.74, 6) is 2.70. The van der Waals surface area contributed by atoms with E-state index in [2.05, 4.69) is 52.8 Å². The molecule has 0 amide bonds. The van der Waals surface area contributed by atoms with Crippen LogP contribution in [0.15, 0.2) is 42.5 Å². The molecule has 37 heavy (non-hydrogen) atoms. The smallest absolute Gasteiger partial charge is 0.225 e. The lowest BCUT2D eigenvalue weighted by atomic mass is 9.91. The largest absolute Gasteiger partial charge is 0.493 e. The van der Waals surface area contributed by atoms with Crippen molar-refractivity contribution in [2.45, 2.75) is 57.7 Å². The monoisotopic (exact) mass is 514 g/mol. The summed E-state index contributed by atoms with van der Waals surface area (Å²) in [6.45, 7) is 3.79. The van der Waals surface area contributed by atoms with Crippen LogP contribution in [0.3, 0.4) is 0 Å². The summed E-state index contributed by atoms with van der Waals surface area (Å²) in [7, 11) is 4.06. The maximum absolute atomic E-state index is 5.66. The number of ether oxygens (including phenoxy) is 1. The van der Waals surface area contributed by atoms with Crippen molar-refractivity contribution in [1.29, 1.82) is 0 Å². The molecule has 1 aliphatic heterocycles. The van der Waals surface area contributed by atoms with E-state index in [1.165, 1.54) is 16.0 Å². The second-order valence-corrected chi connectivity index (χ2v) is 11.4. The minimum atomic E-state index is 0.398. The zero-order chi connectivity index (χ0) is 25.4. The van der Waals surface area contributed by atoms with E-state index in [-0.39, 0.29) is 0 Å². The molecule has 6 rings (SSSR count). The number of nitrogens with zero attached hydrogens (tertiary/aromatic N) is 4. The Morgan fingerprint density at radius 1 is 1.00 bits per heavy atom. The summed E-state index contributed by atoms with van der Waals surface area (Å²) in [5.41, 5.74) is 4.60. The summed E-state index contributed by atoms with van der Waals surface area (Å²) in [6, 6.07) is 15.6. The maximum Gasteiger partial charge on any atom is 0.225 e. The lowest BCUT2D eigenvalue weighted by Crippen LogP contribution is -2.36. The zero-order valence-corrected chi connectivity index (χ0v) is 22.6. The van der Waals surface area contributed by atoms with Crippen LogP contribution < -0.4 is 20.3 Å². The van der Waals surface area contributed by atoms with Crippen molar-refractivity contribution in [3.63, 3.8) is 0 Å². The van der Waals surface area contributed by atoms with E-state index in [1.807, 2.05) is 26.2 Å². The van der Waals surface area contributed by atoms with Crippen LogP contribution in [0.1, 0.15) is 41.8 Å². The summed E-state index contributed by atoms with van der Waals surface area (Å²) >= 11 is 1.81. The molecule has 2 aromatic carbocycles. The van der Waals surface area contributed by atoms with Crippen LogP contribution in [0.25, 0.3) is 21.5 Å². The van der Waals surface area contributed by atoms with Gasteiger partial charge in [-0.2, -0.15) is 4.98 Å². The third kappa shape index (κ3) is 5.13. The van der Waals surface area contributed by atoms with Crippen LogP contribution in [-0.2, 0) is 13.0 Å². The molecule has 1 fully saturated rings. The highest BCUT2D eigenvalue weighted by molar-refractivity contribution is 7.15. The first-order valence-corrected chi connectivity index (χ1v) is 14.0. The Hall–Kier alpha value is -3.23. The molecule has 8 heteroatoms. The highest BCUT2D eigenvalue weighted by atomic mass is 32.1. The second kappa shape index (κ2) is 10.3. The Bertz CT molecular complexity index is 1410. The molecule has 2 aliphatic rings. The molecule has 1 aliphatic carbocycles. The molecule has 192 valence electrons. The number of nitrogens with one attached hydrogen (secondary N) is 2. The van der Waals surface area contributed by atoms with Gasteiger partial charge in [-0.15, -0.1) is 11.3 Å². The molecular formula is C29H34N6OS. The Labute approximate surface area is 222 Å². The van der Waals surface area contributed by atoms with Crippen molar-refractivity contribution in [1.82, 2.24) is 20.3 Å². The lowest BCUT2D eigenvalue weighted by Gasteiger charge is -2.30. The summed E-state index contributed by atoms with van der Waals surface area (Å²) in [4.78, 5) is 17.9. The number of hydrogen-bond donors (Lipinski definition) is 2. The molecule has 0 spiro atoms. The Morgan fingerprint density at radius 2 is 1.81 bits per heavy atom. The number of aryl methyl sites for hydroxylation is 1. The van der Waals surface area contributed by atoms with Crippen molar-refractivity contribution in [3.8, 4) is 16.3 Å². The fourth-order valence-electron chi connectivity index (χ4n) is 5.36. The van der Waals surface area contributed by atoms with Crippen molar-refractivity contribution in [3.05, 3.63) is 58.6 Å². The number of hydrogen-bond acceptors (Lipinski definition) is 8. The van der Waals surface area contributed by atoms with E-state index < -0.39 is 0 Å². The van der Waals surface area contributed by atoms with Gasteiger partial charge in [0.25, 0.3) is 0 Å². The van der Waals surface area contributed by atoms with E-state index in [0.717, 1.165) is 84.4 Å². The summed E-state index contributed by atoms with van der Waals surface area (Å²) in [6.07, 6.45) is 5.48. The third-order valence-electron chi connectivity index (χ3n) is 7.45. The molecule has 2 aromatic heterocycles. The number of rotatable bonds is 7. The average Bonchev–Trinajstić information content (AvgIpc) is 3.53. The second-order valence-electron chi connectivity index (χ2n) is 10.3. The van der Waals surface area contributed by atoms with Crippen molar-refractivity contribution >= 4 is 34.0 Å². The molecule has 0 saturated heterocycles. The normalized spacial score (nSPS) is 19.0. The van der Waals surface area contributed by atoms with Gasteiger partial charge in [-0.1, -0.05) is 12.1 Å². The van der Waals surface area contributed by atoms with Gasteiger partial charge in [0.15, 0.2) is 0 Å². The van der Waals surface area contributed by atoms with E-state index in [0.29, 0.717) is 12.1 Å². The first kappa shape index (κ1) is 24.1. The number of benzene rings is 2. The van der Waals surface area contributed by atoms with Gasteiger partial charge in [0.2, 0.25) is 5.95 Å². The highest BCUT2D eigenvalue weighted by Crippen LogP contribution is 2.34. The summed E-state index contributed by atoms with van der Waals surface area (Å²) < 4.78 is 5.66. The van der Waals surface area contributed by atoms with E-state index in [4.69, 9.17) is 19.7 Å². The van der Waals surface area contributed by atoms with Gasteiger partial charge < -0.3 is 20.3 Å². The molecule has 4 aromatic rings. The SMILES string of the molecule is Cc1nc(-c2ccc3c(c2)CCO3)sc1CN[C@H]1CC[C@@H](Nc2nc(N(C)C)c3ccccc3n2)CC1. The number of fused-ring (bicyclic) bond motifs is 2. The van der Waals surface area contributed by atoms with Gasteiger partial charge in [-0.05, 0) is 68.5 Å². The number of anilines is 2. The van der Waals surface area contributed by atoms with Crippen LogP contribution >= 0.6 is 11.3 Å². The van der Waals surface area contributed by atoms with Gasteiger partial charge in [-0.25, -0.2) is 9.97 Å². The van der Waals surface area contributed by atoms with Crippen LogP contribution in [0, 0.1) is 6.92 Å². The summed E-state index contributed by atoms with van der Waals surface area (Å²) in [5, 5.41) is 9.60. The van der Waals surface area contributed by atoms with Gasteiger partial charge in [-0.3, -0.25) is 0 Å². The van der Waals surface area contributed by atoms with Crippen LogP contribution in [0.4, 0.5) is 11.8 Å². The molecular weight excluding hydrogens is 480 g/mol. The number of thiazole rings is 1. The Balaban J connectivity index is 1.04. The topological polar surface area (TPSA) is 75.2 Å². The van der Waals surface area contributed by atoms with Gasteiger partial charge >= 0.3 is 0 Å². The quantitative estimate of drug-likeness (QED) is 0.334. The van der Waals surface area contributed by atoms with Crippen LogP contribution in [0.2, 0.25) is 0 Å². The standard InChI is InChI=1S/C29H34N6OS/c1-18-26(37-28(31-18)20-8-13-25-19(16-20)14-15-36-25)17-30-21-9-11-22(12-10-21)32-29-33-24-7-5-4-6-23(24)27(34-29)35(2)3/h4-8,13,16,21-22,30H,9-12,14-15,17H2,1-3H3,(H,32,33,34)/t21-,22+. The van der Waals surface area contributed by atoms with Crippen molar-refractivity contribution < 1.29 is 4.74 Å². The third-order valence-corrected chi connectivity index (χ3v) is 8.65. The zero-order valence-electron chi connectivity index (χ0n) is 21.8. The Kier molecular flexibility index (Phi) is 6.69. The van der Waals surface area contributed by atoms with Gasteiger partial charge in [0.05, 0.1) is 17.8 Å². The molecule has 0 bridgehead atoms. The predicted molar refractivity (Wildman–Crippen MR) is 152 cm³/mol. The minimum Gasteiger partial charge on any atom is -0.493 e. The fourth-order valence-corrected chi connectivity index (χ4v) is 6.37. The van der Waals surface area contributed by atoms with Crippen molar-refractivity contribution in [2.75, 3.05) is 30.9 Å². The first-order valence-electron chi connectivity index (χ1n) is 13.2. The van der Waals surface area contributed by atoms with E-state index in [9.17, 15) is 0 Å². The molecule has 3 heterocycles. The van der Waals surface area contributed by atoms with Gasteiger partial charge in [0.1, 0.15) is 16.6 Å². The van der Waals surface area contributed by atoms with Crippen LogP contribution in [-0.4, -0.2) is 47.7 Å². The number of para-hydroxylation sites is 1. The maximum atomic E-state index is 5.66. The predicted octanol–water partition coefficient (Wildman–Crippen LogP) is 5.58. The average molecular weight is 515 g/mol. The highest BCUT2D eigenvalue weighted by Gasteiger charge is 2.23. The molecule has 0 atom stereocenters. The Morgan fingerprint density at radius 3 is 2.65 bits per heavy atom. The van der Waals surface area contributed by atoms with E-state index >= 15 is 0 Å². The fraction of sp³-hybridized carbons (Fsp3) is 0.414. The number of aromatic nitrogens is 3. The molecule has 7 nitrogen and oxygen atoms in total. The molecule has 0 radical (unpaired) electrons. The van der Waals surface area contributed by atoms with Crippen LogP contribution in [0.5, 0.6) is 5.75 Å². The lowest BCUT2D eigenvalue weighted by molar-refractivity contribution is 0.353. The molecule has 0 unspecified atom stereocenters.